The van der Waals surface area contributed by atoms with Gasteiger partial charge < -0.3 is 15.2 Å². The topological polar surface area (TPSA) is 95.7 Å². The van der Waals surface area contributed by atoms with Crippen LogP contribution in [0, 0.1) is 5.92 Å². The third-order valence-electron chi connectivity index (χ3n) is 6.20. The monoisotopic (exact) mass is 423 g/mol. The molecule has 0 aliphatic carbocycles. The molecule has 3 unspecified atom stereocenters. The van der Waals surface area contributed by atoms with E-state index in [1.165, 1.54) is 13.8 Å². The van der Waals surface area contributed by atoms with Gasteiger partial charge in [0.1, 0.15) is 6.61 Å². The summed E-state index contributed by atoms with van der Waals surface area (Å²) >= 11 is 0. The molecule has 0 bridgehead atoms. The van der Waals surface area contributed by atoms with Crippen LogP contribution in [0.25, 0.3) is 11.1 Å². The first-order valence-corrected chi connectivity index (χ1v) is 10.6. The fourth-order valence-electron chi connectivity index (χ4n) is 3.94. The van der Waals surface area contributed by atoms with Gasteiger partial charge in [-0.25, -0.2) is 0 Å². The minimum Gasteiger partial charge on any atom is -0.447 e. The minimum atomic E-state index is -1.74. The molecule has 0 radical (unpaired) electrons. The Morgan fingerprint density at radius 2 is 1.77 bits per heavy atom. The highest BCUT2D eigenvalue weighted by Gasteiger charge is 2.63. The molecule has 164 valence electrons. The molecule has 1 aliphatic heterocycles. The average molecular weight is 424 g/mol. The number of rotatable bonds is 8. The quantitative estimate of drug-likeness (QED) is 0.656. The van der Waals surface area contributed by atoms with Gasteiger partial charge in [0.25, 0.3) is 5.91 Å². The molecule has 2 aromatic carbocycles. The number of benzene rings is 2. The largest absolute Gasteiger partial charge is 0.447 e. The van der Waals surface area contributed by atoms with E-state index < -0.39 is 34.8 Å². The molecule has 1 fully saturated rings. The van der Waals surface area contributed by atoms with Crippen molar-refractivity contribution in [2.45, 2.75) is 51.2 Å². The third kappa shape index (κ3) is 4.39. The summed E-state index contributed by atoms with van der Waals surface area (Å²) in [5, 5.41) is 0. The number of nitrogens with two attached hydrogens (primary N) is 1. The Balaban J connectivity index is 1.82. The van der Waals surface area contributed by atoms with Crippen LogP contribution in [0.1, 0.15) is 39.2 Å². The third-order valence-corrected chi connectivity index (χ3v) is 6.20. The number of Topliss-reactive ketones (excluding diaryl/α,β-unsaturated/α-hetero) is 1. The van der Waals surface area contributed by atoms with Gasteiger partial charge in [-0.2, -0.15) is 0 Å². The molecule has 0 spiro atoms. The lowest BCUT2D eigenvalue weighted by Gasteiger charge is -2.35. The average Bonchev–Trinajstić information content (AvgIpc) is 2.99. The Hall–Kier alpha value is -2.99. The van der Waals surface area contributed by atoms with Gasteiger partial charge in [-0.3, -0.25) is 14.4 Å². The maximum atomic E-state index is 13.1. The van der Waals surface area contributed by atoms with Crippen molar-refractivity contribution in [1.29, 1.82) is 0 Å². The van der Waals surface area contributed by atoms with Gasteiger partial charge in [-0.15, -0.1) is 0 Å². The molecule has 0 saturated carbocycles. The number of ketones is 1. The second kappa shape index (κ2) is 9.02. The maximum Gasteiger partial charge on any atom is 0.310 e. The first kappa shape index (κ1) is 22.7. The number of carbonyl (C=O) groups is 3. The number of carbonyl (C=O) groups excluding carboxylic acids is 3. The van der Waals surface area contributed by atoms with Crippen molar-refractivity contribution >= 4 is 17.7 Å². The lowest BCUT2D eigenvalue weighted by molar-refractivity contribution is -0.185. The molecular weight excluding hydrogens is 394 g/mol. The van der Waals surface area contributed by atoms with E-state index in [1.54, 1.807) is 0 Å². The van der Waals surface area contributed by atoms with Gasteiger partial charge in [-0.05, 0) is 43.4 Å². The molecule has 1 saturated heterocycles. The molecule has 6 nitrogen and oxygen atoms in total. The molecular formula is C25H29NO5. The van der Waals surface area contributed by atoms with E-state index in [1.807, 2.05) is 55.5 Å². The summed E-state index contributed by atoms with van der Waals surface area (Å²) in [6, 6.07) is 18.0. The highest BCUT2D eigenvalue weighted by atomic mass is 16.6. The number of hydrogen-bond acceptors (Lipinski definition) is 5. The predicted molar refractivity (Wildman–Crippen MR) is 117 cm³/mol. The Morgan fingerprint density at radius 1 is 1.10 bits per heavy atom. The molecule has 3 rings (SSSR count). The number of primary amides is 1. The number of ether oxygens (including phenoxy) is 2. The fraction of sp³-hybridized carbons (Fsp3) is 0.400. The molecule has 1 heterocycles. The van der Waals surface area contributed by atoms with Gasteiger partial charge in [0.15, 0.2) is 5.60 Å². The first-order chi connectivity index (χ1) is 14.7. The van der Waals surface area contributed by atoms with Crippen molar-refractivity contribution in [2.75, 3.05) is 6.61 Å². The lowest BCUT2D eigenvalue weighted by Crippen LogP contribution is -2.60. The van der Waals surface area contributed by atoms with Crippen molar-refractivity contribution < 1.29 is 23.9 Å². The van der Waals surface area contributed by atoms with E-state index >= 15 is 0 Å². The van der Waals surface area contributed by atoms with Crippen molar-refractivity contribution in [3.8, 4) is 11.1 Å². The number of hydrogen-bond donors (Lipinski definition) is 1. The van der Waals surface area contributed by atoms with Gasteiger partial charge in [0, 0.05) is 0 Å². The Labute approximate surface area is 182 Å². The van der Waals surface area contributed by atoms with Crippen molar-refractivity contribution in [3.63, 3.8) is 0 Å². The summed E-state index contributed by atoms with van der Waals surface area (Å²) in [6.45, 7) is 4.47. The van der Waals surface area contributed by atoms with E-state index in [4.69, 9.17) is 15.2 Å². The highest BCUT2D eigenvalue weighted by Crippen LogP contribution is 2.37. The van der Waals surface area contributed by atoms with E-state index in [9.17, 15) is 14.4 Å². The summed E-state index contributed by atoms with van der Waals surface area (Å²) < 4.78 is 11.0. The molecule has 31 heavy (non-hydrogen) atoms. The minimum absolute atomic E-state index is 0.319. The molecule has 3 atom stereocenters. The van der Waals surface area contributed by atoms with E-state index in [-0.39, 0.29) is 6.61 Å². The molecule has 2 aromatic rings. The number of esters is 1. The van der Waals surface area contributed by atoms with Crippen molar-refractivity contribution in [3.05, 3.63) is 60.2 Å². The summed E-state index contributed by atoms with van der Waals surface area (Å²) in [5.74, 6) is -2.29. The molecule has 2 N–H and O–H groups in total. The van der Waals surface area contributed by atoms with E-state index in [2.05, 4.69) is 6.07 Å². The van der Waals surface area contributed by atoms with Crippen LogP contribution in [0.15, 0.2) is 54.6 Å². The predicted octanol–water partition coefficient (Wildman–Crippen LogP) is 3.46. The smallest absolute Gasteiger partial charge is 0.310 e. The first-order valence-electron chi connectivity index (χ1n) is 10.6. The van der Waals surface area contributed by atoms with Crippen LogP contribution >= 0.6 is 0 Å². The molecule has 1 amide bonds. The van der Waals surface area contributed by atoms with Crippen LogP contribution in [-0.4, -0.2) is 35.5 Å². The van der Waals surface area contributed by atoms with Crippen molar-refractivity contribution in [2.24, 2.45) is 11.7 Å². The molecule has 6 heteroatoms. The molecule has 1 aliphatic rings. The fourth-order valence-corrected chi connectivity index (χ4v) is 3.94. The number of amides is 1. The maximum absolute atomic E-state index is 13.1. The zero-order valence-corrected chi connectivity index (χ0v) is 18.2. The van der Waals surface area contributed by atoms with Crippen LogP contribution in [0.3, 0.4) is 0 Å². The summed E-state index contributed by atoms with van der Waals surface area (Å²) in [6.07, 6.45) is 1.82. The van der Waals surface area contributed by atoms with Crippen LogP contribution in [0.5, 0.6) is 0 Å². The van der Waals surface area contributed by atoms with E-state index in [0.29, 0.717) is 12.8 Å². The van der Waals surface area contributed by atoms with Crippen LogP contribution < -0.4 is 5.73 Å². The summed E-state index contributed by atoms with van der Waals surface area (Å²) in [5.41, 5.74) is 5.19. The summed E-state index contributed by atoms with van der Waals surface area (Å²) in [4.78, 5) is 37.6. The van der Waals surface area contributed by atoms with Gasteiger partial charge in [-0.1, -0.05) is 67.9 Å². The summed E-state index contributed by atoms with van der Waals surface area (Å²) in [7, 11) is 0. The van der Waals surface area contributed by atoms with Gasteiger partial charge in [0.05, 0.1) is 5.92 Å². The Bertz CT molecular complexity index is 973. The Kier molecular flexibility index (Phi) is 6.60. The van der Waals surface area contributed by atoms with Crippen molar-refractivity contribution in [1.82, 2.24) is 0 Å². The van der Waals surface area contributed by atoms with Gasteiger partial charge >= 0.3 is 5.97 Å². The second-order valence-electron chi connectivity index (χ2n) is 8.32. The zero-order chi connectivity index (χ0) is 22.6. The van der Waals surface area contributed by atoms with Crippen LogP contribution in [-0.2, 0) is 30.3 Å². The van der Waals surface area contributed by atoms with Gasteiger partial charge in [0.2, 0.25) is 11.4 Å². The highest BCUT2D eigenvalue weighted by molar-refractivity contribution is 6.02. The van der Waals surface area contributed by atoms with Crippen LogP contribution in [0.4, 0.5) is 0 Å². The SMILES string of the molecule is CCCC(Cc1cccc(-c2ccccc2)c1)C(=O)OC1(C)C(=O)COC1(C)C(N)=O. The van der Waals surface area contributed by atoms with E-state index in [0.717, 1.165) is 23.1 Å². The normalized spacial score (nSPS) is 24.0. The standard InChI is InChI=1S/C25H29NO5/c1-4-9-20(15-17-10-8-13-19(14-17)18-11-6-5-7-12-18)22(28)31-24(2)21(27)16-30-25(24,3)23(26)29/h5-8,10-14,20H,4,9,15-16H2,1-3H3,(H2,26,29). The Morgan fingerprint density at radius 3 is 2.42 bits per heavy atom. The molecule has 0 aromatic heterocycles. The van der Waals surface area contributed by atoms with Crippen LogP contribution in [0.2, 0.25) is 0 Å². The zero-order valence-electron chi connectivity index (χ0n) is 18.2. The second-order valence-corrected chi connectivity index (χ2v) is 8.32. The lowest BCUT2D eigenvalue weighted by atomic mass is 9.83.